The summed E-state index contributed by atoms with van der Waals surface area (Å²) in [6, 6.07) is 11.1. The van der Waals surface area contributed by atoms with Gasteiger partial charge in [-0.2, -0.15) is 18.3 Å². The largest absolute Gasteiger partial charge is 0.416 e. The van der Waals surface area contributed by atoms with E-state index in [2.05, 4.69) is 14.9 Å². The predicted octanol–water partition coefficient (Wildman–Crippen LogP) is 3.56. The predicted molar refractivity (Wildman–Crippen MR) is 97.3 cm³/mol. The Balaban J connectivity index is 1.99. The van der Waals surface area contributed by atoms with Crippen molar-refractivity contribution in [3.63, 3.8) is 0 Å². The minimum Gasteiger partial charge on any atom is -0.280 e. The maximum atomic E-state index is 12.8. The topological polar surface area (TPSA) is 91.9 Å². The van der Waals surface area contributed by atoms with Gasteiger partial charge in [-0.05, 0) is 42.8 Å². The molecule has 0 saturated heterocycles. The minimum atomic E-state index is -4.59. The molecule has 2 aromatic carbocycles. The number of alkyl halides is 3. The summed E-state index contributed by atoms with van der Waals surface area (Å²) in [6.45, 7) is 1.56. The average Bonchev–Trinajstić information content (AvgIpc) is 2.62. The Morgan fingerprint density at radius 1 is 1.04 bits per heavy atom. The van der Waals surface area contributed by atoms with E-state index < -0.39 is 27.3 Å². The van der Waals surface area contributed by atoms with E-state index in [9.17, 15) is 26.4 Å². The lowest BCUT2D eigenvalue weighted by atomic mass is 10.1. The van der Waals surface area contributed by atoms with Crippen molar-refractivity contribution in [2.24, 2.45) is 0 Å². The lowest BCUT2D eigenvalue weighted by Gasteiger charge is -2.13. The molecule has 6 nitrogen and oxygen atoms in total. The monoisotopic (exact) mass is 409 g/mol. The van der Waals surface area contributed by atoms with Gasteiger partial charge < -0.3 is 0 Å². The maximum Gasteiger partial charge on any atom is 0.416 e. The number of rotatable bonds is 4. The fraction of sp³-hybridized carbons (Fsp3) is 0.111. The molecule has 3 rings (SSSR count). The molecule has 1 heterocycles. The molecule has 0 unspecified atom stereocenters. The molecule has 2 N–H and O–H groups in total. The normalized spacial score (nSPS) is 12.0. The summed E-state index contributed by atoms with van der Waals surface area (Å²) < 4.78 is 66.2. The van der Waals surface area contributed by atoms with Crippen molar-refractivity contribution in [3.8, 4) is 11.3 Å². The van der Waals surface area contributed by atoms with Gasteiger partial charge in [0.15, 0.2) is 0 Å². The zero-order valence-corrected chi connectivity index (χ0v) is 15.2. The first-order valence-electron chi connectivity index (χ1n) is 7.93. The van der Waals surface area contributed by atoms with Crippen LogP contribution in [0, 0.1) is 6.92 Å². The first-order chi connectivity index (χ1) is 13.1. The highest BCUT2D eigenvalue weighted by Gasteiger charge is 2.30. The Kier molecular flexibility index (Phi) is 4.99. The zero-order chi connectivity index (χ0) is 20.5. The minimum absolute atomic E-state index is 0.115. The first-order valence-corrected chi connectivity index (χ1v) is 9.41. The van der Waals surface area contributed by atoms with Crippen LogP contribution in [0.1, 0.15) is 11.1 Å². The highest BCUT2D eigenvalue weighted by Crippen LogP contribution is 2.31. The fourth-order valence-electron chi connectivity index (χ4n) is 2.52. The standard InChI is InChI=1S/C18H14F3N3O3S/c1-11-5-6-12(15-7-8-17(25)23-22-15)9-16(11)28(26,27)24-14-4-2-3-13(10-14)18(19,20)21/h2-10,24H,1H3,(H,23,25). The van der Waals surface area contributed by atoms with Crippen LogP contribution in [0.3, 0.4) is 0 Å². The number of H-pyrrole nitrogens is 1. The van der Waals surface area contributed by atoms with Crippen molar-refractivity contribution < 1.29 is 21.6 Å². The molecule has 0 fully saturated rings. The van der Waals surface area contributed by atoms with Crippen molar-refractivity contribution in [1.29, 1.82) is 0 Å². The Labute approximate surface area is 158 Å². The van der Waals surface area contributed by atoms with Crippen molar-refractivity contribution in [2.45, 2.75) is 18.0 Å². The van der Waals surface area contributed by atoms with Crippen LogP contribution in [-0.2, 0) is 16.2 Å². The summed E-state index contributed by atoms with van der Waals surface area (Å²) in [5.41, 5.74) is -0.415. The number of halogens is 3. The van der Waals surface area contributed by atoms with Crippen LogP contribution >= 0.6 is 0 Å². The van der Waals surface area contributed by atoms with Crippen LogP contribution < -0.4 is 10.3 Å². The fourth-order valence-corrected chi connectivity index (χ4v) is 3.84. The number of nitrogens with zero attached hydrogens (tertiary/aromatic N) is 1. The van der Waals surface area contributed by atoms with Crippen LogP contribution in [0.5, 0.6) is 0 Å². The molecule has 0 spiro atoms. The second kappa shape index (κ2) is 7.12. The second-order valence-electron chi connectivity index (χ2n) is 5.97. The molecule has 0 aliphatic heterocycles. The molecule has 0 aliphatic rings. The van der Waals surface area contributed by atoms with Crippen LogP contribution in [0.4, 0.5) is 18.9 Å². The van der Waals surface area contributed by atoms with Crippen LogP contribution in [0.25, 0.3) is 11.3 Å². The Morgan fingerprint density at radius 3 is 2.43 bits per heavy atom. The summed E-state index contributed by atoms with van der Waals surface area (Å²) in [7, 11) is -4.16. The Morgan fingerprint density at radius 2 is 1.79 bits per heavy atom. The smallest absolute Gasteiger partial charge is 0.280 e. The van der Waals surface area contributed by atoms with Crippen LogP contribution in [0.15, 0.2) is 64.3 Å². The Hall–Kier alpha value is -3.14. The number of benzene rings is 2. The third kappa shape index (κ3) is 4.22. The van der Waals surface area contributed by atoms with Gasteiger partial charge in [0.1, 0.15) is 0 Å². The summed E-state index contributed by atoms with van der Waals surface area (Å²) in [4.78, 5) is 11.0. The van der Waals surface area contributed by atoms with E-state index in [4.69, 9.17) is 0 Å². The molecule has 10 heteroatoms. The SMILES string of the molecule is Cc1ccc(-c2ccc(=O)[nH]n2)cc1S(=O)(=O)Nc1cccc(C(F)(F)F)c1. The molecule has 146 valence electrons. The van der Waals surface area contributed by atoms with Crippen LogP contribution in [0.2, 0.25) is 0 Å². The number of anilines is 1. The molecule has 1 aromatic heterocycles. The van der Waals surface area contributed by atoms with Crippen molar-refractivity contribution in [3.05, 3.63) is 76.1 Å². The molecule has 0 bridgehead atoms. The molecular weight excluding hydrogens is 395 g/mol. The summed E-state index contributed by atoms with van der Waals surface area (Å²) >= 11 is 0. The van der Waals surface area contributed by atoms with E-state index in [1.807, 2.05) is 0 Å². The van der Waals surface area contributed by atoms with E-state index in [1.165, 1.54) is 24.3 Å². The van der Waals surface area contributed by atoms with E-state index in [0.717, 1.165) is 18.2 Å². The number of hydrogen-bond donors (Lipinski definition) is 2. The van der Waals surface area contributed by atoms with Crippen molar-refractivity contribution in [1.82, 2.24) is 10.2 Å². The number of aryl methyl sites for hydroxylation is 1. The molecule has 0 amide bonds. The molecule has 0 radical (unpaired) electrons. The number of aromatic nitrogens is 2. The highest BCUT2D eigenvalue weighted by atomic mass is 32.2. The third-order valence-electron chi connectivity index (χ3n) is 3.89. The summed E-state index contributed by atoms with van der Waals surface area (Å²) in [5.74, 6) is 0. The number of sulfonamides is 1. The molecule has 0 aliphatic carbocycles. The van der Waals surface area contributed by atoms with Gasteiger partial charge in [-0.1, -0.05) is 18.2 Å². The average molecular weight is 409 g/mol. The van der Waals surface area contributed by atoms with E-state index >= 15 is 0 Å². The molecule has 0 atom stereocenters. The van der Waals surface area contributed by atoms with Gasteiger partial charge in [0.2, 0.25) is 0 Å². The molecule has 3 aromatic rings. The van der Waals surface area contributed by atoms with Crippen molar-refractivity contribution >= 4 is 15.7 Å². The molecular formula is C18H14F3N3O3S. The lowest BCUT2D eigenvalue weighted by molar-refractivity contribution is -0.137. The maximum absolute atomic E-state index is 12.8. The van der Waals surface area contributed by atoms with E-state index in [1.54, 1.807) is 19.1 Å². The van der Waals surface area contributed by atoms with Gasteiger partial charge in [0.25, 0.3) is 15.6 Å². The van der Waals surface area contributed by atoms with Crippen LogP contribution in [-0.4, -0.2) is 18.6 Å². The molecule has 28 heavy (non-hydrogen) atoms. The third-order valence-corrected chi connectivity index (χ3v) is 5.42. The van der Waals surface area contributed by atoms with Crippen molar-refractivity contribution in [2.75, 3.05) is 4.72 Å². The van der Waals surface area contributed by atoms with Gasteiger partial charge in [-0.15, -0.1) is 0 Å². The summed E-state index contributed by atoms with van der Waals surface area (Å²) in [6.07, 6.45) is -4.59. The Bertz CT molecular complexity index is 1170. The number of aromatic amines is 1. The van der Waals surface area contributed by atoms with Gasteiger partial charge in [-0.3, -0.25) is 9.52 Å². The molecule has 0 saturated carbocycles. The van der Waals surface area contributed by atoms with Gasteiger partial charge in [0, 0.05) is 17.3 Å². The number of nitrogens with one attached hydrogen (secondary N) is 2. The lowest BCUT2D eigenvalue weighted by Crippen LogP contribution is -2.15. The second-order valence-corrected chi connectivity index (χ2v) is 7.62. The van der Waals surface area contributed by atoms with E-state index in [0.29, 0.717) is 16.8 Å². The highest BCUT2D eigenvalue weighted by molar-refractivity contribution is 7.92. The van der Waals surface area contributed by atoms with Gasteiger partial charge >= 0.3 is 6.18 Å². The van der Waals surface area contributed by atoms with Gasteiger partial charge in [-0.25, -0.2) is 13.5 Å². The quantitative estimate of drug-likeness (QED) is 0.689. The van der Waals surface area contributed by atoms with E-state index in [-0.39, 0.29) is 10.6 Å². The van der Waals surface area contributed by atoms with Gasteiger partial charge in [0.05, 0.1) is 16.2 Å². The first kappa shape index (κ1) is 19.6. The summed E-state index contributed by atoms with van der Waals surface area (Å²) in [5, 5.41) is 6.10. The number of hydrogen-bond acceptors (Lipinski definition) is 4. The zero-order valence-electron chi connectivity index (χ0n) is 14.4.